The van der Waals surface area contributed by atoms with Gasteiger partial charge >= 0.3 is 0 Å². The van der Waals surface area contributed by atoms with Crippen molar-refractivity contribution in [1.82, 2.24) is 9.55 Å². The lowest BCUT2D eigenvalue weighted by molar-refractivity contribution is 0.502. The summed E-state index contributed by atoms with van der Waals surface area (Å²) in [6, 6.07) is 31.8. The second-order valence-electron chi connectivity index (χ2n) is 6.10. The highest BCUT2D eigenvalue weighted by atomic mass is 15.1. The molecule has 4 aromatic rings. The predicted octanol–water partition coefficient (Wildman–Crippen LogP) is 4.83. The van der Waals surface area contributed by atoms with Crippen molar-refractivity contribution in [3.8, 4) is 0 Å². The molecule has 0 bridgehead atoms. The molecule has 0 aliphatic rings. The lowest BCUT2D eigenvalue weighted by Gasteiger charge is -2.38. The predicted molar refractivity (Wildman–Crippen MR) is 100 cm³/mol. The zero-order valence-electron chi connectivity index (χ0n) is 14.1. The Morgan fingerprint density at radius 3 is 1.40 bits per heavy atom. The van der Waals surface area contributed by atoms with Gasteiger partial charge in [-0.25, -0.2) is 4.98 Å². The summed E-state index contributed by atoms with van der Waals surface area (Å²) >= 11 is 0. The van der Waals surface area contributed by atoms with Crippen LogP contribution in [0.1, 0.15) is 22.5 Å². The van der Waals surface area contributed by atoms with Crippen LogP contribution in [0.5, 0.6) is 0 Å². The molecule has 0 aliphatic carbocycles. The molecule has 1 radical (unpaired) electrons. The zero-order valence-corrected chi connectivity index (χ0v) is 14.1. The summed E-state index contributed by atoms with van der Waals surface area (Å²) in [5, 5.41) is 0. The first kappa shape index (κ1) is 15.4. The Morgan fingerprint density at radius 2 is 1.08 bits per heavy atom. The number of hydrogen-bond donors (Lipinski definition) is 0. The first-order valence-corrected chi connectivity index (χ1v) is 8.42. The summed E-state index contributed by atoms with van der Waals surface area (Å²) in [6.07, 6.45) is 4.97. The van der Waals surface area contributed by atoms with E-state index >= 15 is 0 Å². The summed E-state index contributed by atoms with van der Waals surface area (Å²) in [7, 11) is 0. The van der Waals surface area contributed by atoms with Crippen molar-refractivity contribution in [2.75, 3.05) is 0 Å². The zero-order chi connectivity index (χ0) is 17.1. The smallest absolute Gasteiger partial charge is 0.121 e. The first-order chi connectivity index (χ1) is 12.3. The lowest BCUT2D eigenvalue weighted by atomic mass is 9.76. The molecule has 2 heteroatoms. The largest absolute Gasteiger partial charge is 0.316 e. The van der Waals surface area contributed by atoms with Crippen molar-refractivity contribution in [2.45, 2.75) is 12.5 Å². The Kier molecular flexibility index (Phi) is 3.95. The van der Waals surface area contributed by atoms with Crippen molar-refractivity contribution in [3.05, 3.63) is 126 Å². The third-order valence-electron chi connectivity index (χ3n) is 4.70. The molecule has 0 unspecified atom stereocenters. The van der Waals surface area contributed by atoms with Gasteiger partial charge < -0.3 is 4.57 Å². The van der Waals surface area contributed by atoms with E-state index in [-0.39, 0.29) is 0 Å². The van der Waals surface area contributed by atoms with E-state index in [1.807, 2.05) is 13.1 Å². The normalized spacial score (nSPS) is 11.4. The Hall–Kier alpha value is -3.13. The minimum atomic E-state index is -0.485. The Bertz CT molecular complexity index is 844. The molecule has 3 aromatic carbocycles. The number of rotatable bonds is 4. The molecule has 0 N–H and O–H groups in total. The molecule has 2 nitrogen and oxygen atoms in total. The third-order valence-corrected chi connectivity index (χ3v) is 4.70. The van der Waals surface area contributed by atoms with Gasteiger partial charge in [0, 0.05) is 6.20 Å². The van der Waals surface area contributed by atoms with Gasteiger partial charge in [-0.3, -0.25) is 0 Å². The molecule has 0 fully saturated rings. The average molecular weight is 323 g/mol. The molecular formula is C23H19N2. The molecule has 121 valence electrons. The van der Waals surface area contributed by atoms with Crippen molar-refractivity contribution < 1.29 is 0 Å². The van der Waals surface area contributed by atoms with E-state index in [1.54, 1.807) is 0 Å². The van der Waals surface area contributed by atoms with Crippen LogP contribution in [0.2, 0.25) is 0 Å². The molecule has 25 heavy (non-hydrogen) atoms. The maximum atomic E-state index is 4.40. The average Bonchev–Trinajstić information content (AvgIpc) is 3.12. The van der Waals surface area contributed by atoms with Crippen LogP contribution in [0.3, 0.4) is 0 Å². The fourth-order valence-corrected chi connectivity index (χ4v) is 3.62. The second-order valence-corrected chi connectivity index (χ2v) is 6.10. The Labute approximate surface area is 148 Å². The van der Waals surface area contributed by atoms with Crippen LogP contribution in [-0.4, -0.2) is 9.55 Å². The summed E-state index contributed by atoms with van der Waals surface area (Å²) in [5.74, 6) is 0.927. The molecule has 0 aliphatic heterocycles. The Morgan fingerprint density at radius 1 is 0.680 bits per heavy atom. The number of aromatic nitrogens is 2. The van der Waals surface area contributed by atoms with Crippen LogP contribution < -0.4 is 0 Å². The van der Waals surface area contributed by atoms with E-state index in [2.05, 4.69) is 107 Å². The molecule has 0 saturated carbocycles. The molecule has 0 atom stereocenters. The van der Waals surface area contributed by atoms with Crippen LogP contribution in [0.25, 0.3) is 0 Å². The van der Waals surface area contributed by atoms with Crippen molar-refractivity contribution in [2.24, 2.45) is 0 Å². The van der Waals surface area contributed by atoms with E-state index in [0.717, 1.165) is 5.82 Å². The van der Waals surface area contributed by atoms with Gasteiger partial charge in [-0.2, -0.15) is 0 Å². The molecule has 0 saturated heterocycles. The van der Waals surface area contributed by atoms with Crippen molar-refractivity contribution in [1.29, 1.82) is 0 Å². The minimum absolute atomic E-state index is 0.485. The SMILES string of the molecule is Cc1n[c]cn1C(c1ccccc1)(c1ccccc1)c1ccccc1. The highest BCUT2D eigenvalue weighted by molar-refractivity contribution is 5.50. The van der Waals surface area contributed by atoms with E-state index in [4.69, 9.17) is 0 Å². The number of hydrogen-bond acceptors (Lipinski definition) is 1. The van der Waals surface area contributed by atoms with Crippen LogP contribution >= 0.6 is 0 Å². The molecule has 0 amide bonds. The number of aryl methyl sites for hydroxylation is 1. The standard InChI is InChI=1S/C23H19N2/c1-19-24-17-18-25(19)23(20-11-5-2-6-12-20,21-13-7-3-8-14-21)22-15-9-4-10-16-22/h2-16,18H,1H3. The van der Waals surface area contributed by atoms with Crippen LogP contribution in [0.15, 0.2) is 97.2 Å². The minimum Gasteiger partial charge on any atom is -0.316 e. The summed E-state index contributed by atoms with van der Waals surface area (Å²) in [4.78, 5) is 4.40. The fourth-order valence-electron chi connectivity index (χ4n) is 3.62. The lowest BCUT2D eigenvalue weighted by Crippen LogP contribution is -2.38. The van der Waals surface area contributed by atoms with Gasteiger partial charge in [0.15, 0.2) is 0 Å². The summed E-state index contributed by atoms with van der Waals surface area (Å²) in [5.41, 5.74) is 3.10. The van der Waals surface area contributed by atoms with Crippen LogP contribution in [-0.2, 0) is 5.54 Å². The number of nitrogens with zero attached hydrogens (tertiary/aromatic N) is 2. The molecular weight excluding hydrogens is 304 g/mol. The molecule has 1 aromatic heterocycles. The van der Waals surface area contributed by atoms with E-state index < -0.39 is 5.54 Å². The van der Waals surface area contributed by atoms with Crippen molar-refractivity contribution in [3.63, 3.8) is 0 Å². The third kappa shape index (κ3) is 2.47. The van der Waals surface area contributed by atoms with Gasteiger partial charge in [0.1, 0.15) is 17.6 Å². The van der Waals surface area contributed by atoms with Gasteiger partial charge in [0.05, 0.1) is 0 Å². The highest BCUT2D eigenvalue weighted by Gasteiger charge is 2.38. The Balaban J connectivity index is 2.15. The van der Waals surface area contributed by atoms with Gasteiger partial charge in [0.25, 0.3) is 0 Å². The van der Waals surface area contributed by atoms with E-state index in [0.29, 0.717) is 0 Å². The van der Waals surface area contributed by atoms with Crippen molar-refractivity contribution >= 4 is 0 Å². The number of imidazole rings is 1. The van der Waals surface area contributed by atoms with Gasteiger partial charge in [-0.05, 0) is 23.6 Å². The van der Waals surface area contributed by atoms with Gasteiger partial charge in [-0.15, -0.1) is 0 Å². The van der Waals surface area contributed by atoms with E-state index in [9.17, 15) is 0 Å². The van der Waals surface area contributed by atoms with Crippen LogP contribution in [0.4, 0.5) is 0 Å². The number of benzene rings is 3. The molecule has 4 rings (SSSR count). The first-order valence-electron chi connectivity index (χ1n) is 8.42. The quantitative estimate of drug-likeness (QED) is 0.492. The monoisotopic (exact) mass is 323 g/mol. The maximum absolute atomic E-state index is 4.40. The van der Waals surface area contributed by atoms with Crippen LogP contribution in [0, 0.1) is 13.1 Å². The molecule has 1 heterocycles. The highest BCUT2D eigenvalue weighted by Crippen LogP contribution is 2.41. The molecule has 0 spiro atoms. The second kappa shape index (κ2) is 6.40. The van der Waals surface area contributed by atoms with Gasteiger partial charge in [0.2, 0.25) is 0 Å². The van der Waals surface area contributed by atoms with E-state index in [1.165, 1.54) is 16.7 Å². The summed E-state index contributed by atoms with van der Waals surface area (Å²) < 4.78 is 2.22. The fraction of sp³-hybridized carbons (Fsp3) is 0.0870. The summed E-state index contributed by atoms with van der Waals surface area (Å²) in [6.45, 7) is 2.03. The topological polar surface area (TPSA) is 17.8 Å². The maximum Gasteiger partial charge on any atom is 0.121 e. The van der Waals surface area contributed by atoms with Gasteiger partial charge in [-0.1, -0.05) is 91.0 Å².